The average molecular weight is 327 g/mol. The standard InChI is InChI=1S/C20H22FNO2/c1-15-14-24-12-11-22(15)20(23)19(13-16-5-3-2-4-6-16)17-7-9-18(21)10-8-17/h2-10,15,19H,11-14H2,1H3. The maximum Gasteiger partial charge on any atom is 0.230 e. The van der Waals surface area contributed by atoms with Gasteiger partial charge < -0.3 is 9.64 Å². The molecule has 0 spiro atoms. The van der Waals surface area contributed by atoms with E-state index in [0.29, 0.717) is 26.2 Å². The number of carbonyl (C=O) groups is 1. The molecular formula is C20H22FNO2. The summed E-state index contributed by atoms with van der Waals surface area (Å²) in [6, 6.07) is 16.3. The summed E-state index contributed by atoms with van der Waals surface area (Å²) in [4.78, 5) is 15.1. The van der Waals surface area contributed by atoms with Gasteiger partial charge in [-0.05, 0) is 36.6 Å². The molecule has 24 heavy (non-hydrogen) atoms. The van der Waals surface area contributed by atoms with E-state index >= 15 is 0 Å². The molecule has 4 heteroatoms. The fourth-order valence-corrected chi connectivity index (χ4v) is 3.15. The highest BCUT2D eigenvalue weighted by molar-refractivity contribution is 5.84. The second-order valence-corrected chi connectivity index (χ2v) is 6.25. The Bertz CT molecular complexity index is 672. The van der Waals surface area contributed by atoms with E-state index in [1.54, 1.807) is 12.1 Å². The smallest absolute Gasteiger partial charge is 0.230 e. The first-order valence-electron chi connectivity index (χ1n) is 8.33. The van der Waals surface area contributed by atoms with Crippen LogP contribution in [0.25, 0.3) is 0 Å². The Balaban J connectivity index is 1.88. The van der Waals surface area contributed by atoms with Crippen molar-refractivity contribution in [2.75, 3.05) is 19.8 Å². The predicted molar refractivity (Wildman–Crippen MR) is 91.3 cm³/mol. The van der Waals surface area contributed by atoms with Gasteiger partial charge in [0.2, 0.25) is 5.91 Å². The Labute approximate surface area is 142 Å². The van der Waals surface area contributed by atoms with Crippen molar-refractivity contribution in [2.45, 2.75) is 25.3 Å². The van der Waals surface area contributed by atoms with Crippen LogP contribution < -0.4 is 0 Å². The Morgan fingerprint density at radius 3 is 2.58 bits per heavy atom. The predicted octanol–water partition coefficient (Wildman–Crippen LogP) is 3.40. The van der Waals surface area contributed by atoms with Gasteiger partial charge in [0.05, 0.1) is 25.2 Å². The van der Waals surface area contributed by atoms with Gasteiger partial charge in [0.15, 0.2) is 0 Å². The quantitative estimate of drug-likeness (QED) is 0.861. The van der Waals surface area contributed by atoms with Gasteiger partial charge in [0.25, 0.3) is 0 Å². The van der Waals surface area contributed by atoms with E-state index in [-0.39, 0.29) is 23.7 Å². The van der Waals surface area contributed by atoms with Crippen molar-refractivity contribution in [1.82, 2.24) is 4.90 Å². The highest BCUT2D eigenvalue weighted by Crippen LogP contribution is 2.25. The fraction of sp³-hybridized carbons (Fsp3) is 0.350. The molecule has 0 radical (unpaired) electrons. The molecule has 0 N–H and O–H groups in total. The zero-order chi connectivity index (χ0) is 16.9. The van der Waals surface area contributed by atoms with Crippen LogP contribution in [0.4, 0.5) is 4.39 Å². The van der Waals surface area contributed by atoms with Gasteiger partial charge >= 0.3 is 0 Å². The number of hydrogen-bond acceptors (Lipinski definition) is 2. The number of rotatable bonds is 4. The van der Waals surface area contributed by atoms with Crippen molar-refractivity contribution in [3.8, 4) is 0 Å². The first-order valence-corrected chi connectivity index (χ1v) is 8.33. The molecule has 2 aromatic carbocycles. The molecule has 2 unspecified atom stereocenters. The maximum atomic E-state index is 13.3. The lowest BCUT2D eigenvalue weighted by atomic mass is 9.90. The monoisotopic (exact) mass is 327 g/mol. The molecule has 1 heterocycles. The van der Waals surface area contributed by atoms with Gasteiger partial charge in [-0.2, -0.15) is 0 Å². The highest BCUT2D eigenvalue weighted by atomic mass is 19.1. The topological polar surface area (TPSA) is 29.5 Å². The van der Waals surface area contributed by atoms with Gasteiger partial charge in [-0.1, -0.05) is 42.5 Å². The van der Waals surface area contributed by atoms with Crippen LogP contribution in [0, 0.1) is 5.82 Å². The summed E-state index contributed by atoms with van der Waals surface area (Å²) in [5.41, 5.74) is 1.95. The summed E-state index contributed by atoms with van der Waals surface area (Å²) in [5, 5.41) is 0. The van der Waals surface area contributed by atoms with Crippen molar-refractivity contribution in [1.29, 1.82) is 0 Å². The Morgan fingerprint density at radius 2 is 1.92 bits per heavy atom. The van der Waals surface area contributed by atoms with Crippen LogP contribution in [0.5, 0.6) is 0 Å². The van der Waals surface area contributed by atoms with E-state index in [9.17, 15) is 9.18 Å². The third-order valence-corrected chi connectivity index (χ3v) is 4.50. The van der Waals surface area contributed by atoms with Crippen molar-refractivity contribution in [2.24, 2.45) is 0 Å². The molecule has 1 aliphatic rings. The SMILES string of the molecule is CC1COCCN1C(=O)C(Cc1ccccc1)c1ccc(F)cc1. The fourth-order valence-electron chi connectivity index (χ4n) is 3.15. The van der Waals surface area contributed by atoms with Gasteiger partial charge in [0, 0.05) is 6.54 Å². The first kappa shape index (κ1) is 16.7. The van der Waals surface area contributed by atoms with Gasteiger partial charge in [0.1, 0.15) is 5.82 Å². The summed E-state index contributed by atoms with van der Waals surface area (Å²) in [6.45, 7) is 3.73. The number of carbonyl (C=O) groups excluding carboxylic acids is 1. The van der Waals surface area contributed by atoms with Gasteiger partial charge in [-0.3, -0.25) is 4.79 Å². The number of amides is 1. The number of hydrogen-bond donors (Lipinski definition) is 0. The average Bonchev–Trinajstić information content (AvgIpc) is 2.61. The van der Waals surface area contributed by atoms with Crippen LogP contribution in [0.15, 0.2) is 54.6 Å². The lowest BCUT2D eigenvalue weighted by Crippen LogP contribution is -2.49. The van der Waals surface area contributed by atoms with Gasteiger partial charge in [-0.25, -0.2) is 4.39 Å². The minimum absolute atomic E-state index is 0.0602. The molecule has 0 aromatic heterocycles. The second kappa shape index (κ2) is 7.58. The third-order valence-electron chi connectivity index (χ3n) is 4.50. The molecule has 1 saturated heterocycles. The van der Waals surface area contributed by atoms with E-state index < -0.39 is 0 Å². The minimum Gasteiger partial charge on any atom is -0.377 e. The van der Waals surface area contributed by atoms with E-state index in [4.69, 9.17) is 4.74 Å². The molecule has 2 aromatic rings. The lowest BCUT2D eigenvalue weighted by Gasteiger charge is -2.36. The molecule has 2 atom stereocenters. The summed E-state index contributed by atoms with van der Waals surface area (Å²) in [5.74, 6) is -0.515. The molecule has 1 fully saturated rings. The maximum absolute atomic E-state index is 13.3. The van der Waals surface area contributed by atoms with Crippen molar-refractivity contribution < 1.29 is 13.9 Å². The number of ether oxygens (including phenoxy) is 1. The van der Waals surface area contributed by atoms with Crippen LogP contribution in [0.3, 0.4) is 0 Å². The third kappa shape index (κ3) is 3.82. The number of nitrogens with zero attached hydrogens (tertiary/aromatic N) is 1. The number of halogens is 1. The molecule has 3 rings (SSSR count). The largest absolute Gasteiger partial charge is 0.377 e. The highest BCUT2D eigenvalue weighted by Gasteiger charge is 2.30. The molecule has 126 valence electrons. The van der Waals surface area contributed by atoms with E-state index in [1.807, 2.05) is 42.2 Å². The first-order chi connectivity index (χ1) is 11.6. The molecular weight excluding hydrogens is 305 g/mol. The minimum atomic E-state index is -0.312. The van der Waals surface area contributed by atoms with Crippen LogP contribution in [0.2, 0.25) is 0 Å². The van der Waals surface area contributed by atoms with E-state index in [0.717, 1.165) is 11.1 Å². The zero-order valence-corrected chi connectivity index (χ0v) is 13.8. The Morgan fingerprint density at radius 1 is 1.21 bits per heavy atom. The number of benzene rings is 2. The summed E-state index contributed by atoms with van der Waals surface area (Å²) >= 11 is 0. The molecule has 1 amide bonds. The van der Waals surface area contributed by atoms with Crippen LogP contribution in [-0.4, -0.2) is 36.6 Å². The molecule has 0 aliphatic carbocycles. The van der Waals surface area contributed by atoms with Crippen LogP contribution in [0.1, 0.15) is 24.0 Å². The molecule has 0 bridgehead atoms. The lowest BCUT2D eigenvalue weighted by molar-refractivity contribution is -0.140. The van der Waals surface area contributed by atoms with E-state index in [1.165, 1.54) is 12.1 Å². The van der Waals surface area contributed by atoms with Crippen LogP contribution in [-0.2, 0) is 16.0 Å². The normalized spacial score (nSPS) is 19.1. The summed E-state index contributed by atoms with van der Waals surface area (Å²) in [7, 11) is 0. The molecule has 3 nitrogen and oxygen atoms in total. The van der Waals surface area contributed by atoms with Crippen LogP contribution >= 0.6 is 0 Å². The van der Waals surface area contributed by atoms with Crippen molar-refractivity contribution in [3.05, 3.63) is 71.5 Å². The van der Waals surface area contributed by atoms with Gasteiger partial charge in [-0.15, -0.1) is 0 Å². The van der Waals surface area contributed by atoms with Crippen molar-refractivity contribution >= 4 is 5.91 Å². The summed E-state index contributed by atoms with van der Waals surface area (Å²) < 4.78 is 18.7. The Kier molecular flexibility index (Phi) is 5.26. The molecule has 0 saturated carbocycles. The Hall–Kier alpha value is -2.20. The second-order valence-electron chi connectivity index (χ2n) is 6.25. The molecule has 1 aliphatic heterocycles. The zero-order valence-electron chi connectivity index (χ0n) is 13.8. The summed E-state index contributed by atoms with van der Waals surface area (Å²) in [6.07, 6.45) is 0.607. The van der Waals surface area contributed by atoms with E-state index in [2.05, 4.69) is 0 Å². The van der Waals surface area contributed by atoms with Crippen molar-refractivity contribution in [3.63, 3.8) is 0 Å². The number of morpholine rings is 1.